The van der Waals surface area contributed by atoms with Crippen molar-refractivity contribution in [2.45, 2.75) is 12.2 Å². The Morgan fingerprint density at radius 1 is 1.30 bits per heavy atom. The van der Waals surface area contributed by atoms with Gasteiger partial charge in [-0.1, -0.05) is 23.7 Å². The first-order valence-electron chi connectivity index (χ1n) is 6.99. The molecule has 0 bridgehead atoms. The third-order valence-corrected chi connectivity index (χ3v) is 5.74. The SMILES string of the molecule is CC(c1[nH]c2cc(Cl)ccc2c1-c1ccccn1)S(=O)(=O)CO. The van der Waals surface area contributed by atoms with E-state index in [1.54, 1.807) is 31.3 Å². The average molecular weight is 351 g/mol. The number of hydrogen-bond acceptors (Lipinski definition) is 4. The minimum absolute atomic E-state index is 0.495. The Labute approximate surface area is 138 Å². The van der Waals surface area contributed by atoms with E-state index in [1.165, 1.54) is 0 Å². The summed E-state index contributed by atoms with van der Waals surface area (Å²) in [6.45, 7) is 1.55. The average Bonchev–Trinajstić information content (AvgIpc) is 2.93. The minimum Gasteiger partial charge on any atom is -0.380 e. The van der Waals surface area contributed by atoms with Crippen LogP contribution in [-0.4, -0.2) is 29.4 Å². The Kier molecular flexibility index (Phi) is 4.14. The number of nitrogens with one attached hydrogen (secondary N) is 1. The van der Waals surface area contributed by atoms with Gasteiger partial charge in [-0.15, -0.1) is 0 Å². The quantitative estimate of drug-likeness (QED) is 0.756. The second kappa shape index (κ2) is 5.96. The predicted octanol–water partition coefficient (Wildman–Crippen LogP) is 3.31. The summed E-state index contributed by atoms with van der Waals surface area (Å²) in [5.41, 5.74) is 2.60. The molecule has 2 aromatic heterocycles. The monoisotopic (exact) mass is 350 g/mol. The molecule has 0 amide bonds. The lowest BCUT2D eigenvalue weighted by atomic mass is 10.1. The molecule has 0 fully saturated rings. The number of aliphatic hydroxyl groups excluding tert-OH is 1. The van der Waals surface area contributed by atoms with Crippen molar-refractivity contribution in [3.8, 4) is 11.3 Å². The van der Waals surface area contributed by atoms with E-state index in [2.05, 4.69) is 9.97 Å². The number of rotatable bonds is 4. The summed E-state index contributed by atoms with van der Waals surface area (Å²) >= 11 is 6.03. The first-order valence-corrected chi connectivity index (χ1v) is 9.08. The van der Waals surface area contributed by atoms with Gasteiger partial charge in [0.15, 0.2) is 9.84 Å². The van der Waals surface area contributed by atoms with Crippen molar-refractivity contribution in [3.05, 3.63) is 53.3 Å². The highest BCUT2D eigenvalue weighted by molar-refractivity contribution is 7.91. The van der Waals surface area contributed by atoms with Crippen LogP contribution in [0.15, 0.2) is 42.6 Å². The van der Waals surface area contributed by atoms with Gasteiger partial charge in [-0.2, -0.15) is 0 Å². The molecule has 0 radical (unpaired) electrons. The lowest BCUT2D eigenvalue weighted by Gasteiger charge is -2.12. The first kappa shape index (κ1) is 16.0. The zero-order valence-corrected chi connectivity index (χ0v) is 13.9. The summed E-state index contributed by atoms with van der Waals surface area (Å²) in [6, 6.07) is 10.8. The largest absolute Gasteiger partial charge is 0.380 e. The van der Waals surface area contributed by atoms with Gasteiger partial charge in [0.25, 0.3) is 0 Å². The molecule has 1 atom stereocenters. The summed E-state index contributed by atoms with van der Waals surface area (Å²) in [5, 5.41) is 9.66. The van der Waals surface area contributed by atoms with Gasteiger partial charge in [0.05, 0.1) is 5.69 Å². The first-order chi connectivity index (χ1) is 10.9. The summed E-state index contributed by atoms with van der Waals surface area (Å²) in [5.74, 6) is -0.911. The lowest BCUT2D eigenvalue weighted by Crippen LogP contribution is -2.15. The number of fused-ring (bicyclic) bond motifs is 1. The number of sulfone groups is 1. The molecule has 1 unspecified atom stereocenters. The molecule has 0 aliphatic rings. The van der Waals surface area contributed by atoms with Gasteiger partial charge < -0.3 is 10.1 Å². The van der Waals surface area contributed by atoms with Gasteiger partial charge in [0.1, 0.15) is 11.2 Å². The van der Waals surface area contributed by atoms with Crippen molar-refractivity contribution in [3.63, 3.8) is 0 Å². The molecule has 23 heavy (non-hydrogen) atoms. The zero-order chi connectivity index (χ0) is 16.6. The molecule has 0 spiro atoms. The predicted molar refractivity (Wildman–Crippen MR) is 91.0 cm³/mol. The van der Waals surface area contributed by atoms with Gasteiger partial charge in [-0.3, -0.25) is 4.98 Å². The van der Waals surface area contributed by atoms with Gasteiger partial charge in [-0.25, -0.2) is 8.42 Å². The Morgan fingerprint density at radius 2 is 2.09 bits per heavy atom. The van der Waals surface area contributed by atoms with E-state index < -0.39 is 21.0 Å². The van der Waals surface area contributed by atoms with Crippen LogP contribution in [0.5, 0.6) is 0 Å². The zero-order valence-electron chi connectivity index (χ0n) is 12.3. The van der Waals surface area contributed by atoms with E-state index >= 15 is 0 Å². The van der Waals surface area contributed by atoms with Crippen LogP contribution in [0.4, 0.5) is 0 Å². The molecule has 2 N–H and O–H groups in total. The summed E-state index contributed by atoms with van der Waals surface area (Å²) in [4.78, 5) is 7.46. The molecule has 0 saturated heterocycles. The molecular formula is C16H15ClN2O3S. The molecule has 0 aliphatic carbocycles. The number of aromatic nitrogens is 2. The molecule has 0 saturated carbocycles. The number of halogens is 1. The number of aromatic amines is 1. The number of benzene rings is 1. The number of H-pyrrole nitrogens is 1. The highest BCUT2D eigenvalue weighted by Crippen LogP contribution is 2.37. The summed E-state index contributed by atoms with van der Waals surface area (Å²) in [7, 11) is -3.68. The second-order valence-corrected chi connectivity index (χ2v) is 7.98. The van der Waals surface area contributed by atoms with E-state index in [0.29, 0.717) is 22.0 Å². The van der Waals surface area contributed by atoms with Crippen LogP contribution in [-0.2, 0) is 9.84 Å². The van der Waals surface area contributed by atoms with Crippen LogP contribution >= 0.6 is 11.6 Å². The highest BCUT2D eigenvalue weighted by atomic mass is 35.5. The van der Waals surface area contributed by atoms with Crippen molar-refractivity contribution < 1.29 is 13.5 Å². The molecule has 0 aliphatic heterocycles. The van der Waals surface area contributed by atoms with E-state index in [1.807, 2.05) is 18.2 Å². The molecule has 120 valence electrons. The van der Waals surface area contributed by atoms with Crippen molar-refractivity contribution >= 4 is 32.3 Å². The van der Waals surface area contributed by atoms with Crippen molar-refractivity contribution in [1.82, 2.24) is 9.97 Å². The summed E-state index contributed by atoms with van der Waals surface area (Å²) in [6.07, 6.45) is 1.65. The van der Waals surface area contributed by atoms with Gasteiger partial charge in [0.2, 0.25) is 0 Å². The topological polar surface area (TPSA) is 83.0 Å². The van der Waals surface area contributed by atoms with E-state index in [-0.39, 0.29) is 0 Å². The number of pyridine rings is 1. The molecule has 2 heterocycles. The van der Waals surface area contributed by atoms with E-state index in [4.69, 9.17) is 16.7 Å². The number of aliphatic hydroxyl groups is 1. The Morgan fingerprint density at radius 3 is 2.74 bits per heavy atom. The maximum Gasteiger partial charge on any atom is 0.182 e. The van der Waals surface area contributed by atoms with Crippen LogP contribution in [0.25, 0.3) is 22.2 Å². The molecule has 3 rings (SSSR count). The van der Waals surface area contributed by atoms with Crippen LogP contribution in [0, 0.1) is 0 Å². The third-order valence-electron chi connectivity index (χ3n) is 3.84. The van der Waals surface area contributed by atoms with E-state index in [0.717, 1.165) is 10.9 Å². The van der Waals surface area contributed by atoms with Gasteiger partial charge in [-0.05, 0) is 31.2 Å². The molecule has 7 heteroatoms. The highest BCUT2D eigenvalue weighted by Gasteiger charge is 2.28. The van der Waals surface area contributed by atoms with Crippen LogP contribution in [0.1, 0.15) is 17.9 Å². The molecule has 3 aromatic rings. The van der Waals surface area contributed by atoms with E-state index in [9.17, 15) is 8.42 Å². The fourth-order valence-electron chi connectivity index (χ4n) is 2.57. The fraction of sp³-hybridized carbons (Fsp3) is 0.188. The fourth-order valence-corrected chi connectivity index (χ4v) is 3.51. The summed E-state index contributed by atoms with van der Waals surface area (Å²) < 4.78 is 24.2. The van der Waals surface area contributed by atoms with Crippen LogP contribution in [0.2, 0.25) is 5.02 Å². The number of hydrogen-bond donors (Lipinski definition) is 2. The van der Waals surface area contributed by atoms with Crippen molar-refractivity contribution in [2.75, 3.05) is 5.94 Å². The maximum atomic E-state index is 12.1. The Hall–Kier alpha value is -1.89. The molecule has 1 aromatic carbocycles. The lowest BCUT2D eigenvalue weighted by molar-refractivity contribution is 0.356. The molecular weight excluding hydrogens is 336 g/mol. The van der Waals surface area contributed by atoms with Gasteiger partial charge in [0, 0.05) is 33.4 Å². The number of nitrogens with zero attached hydrogens (tertiary/aromatic N) is 1. The standard InChI is InChI=1S/C16H15ClN2O3S/c1-10(23(21,22)9-20)16-15(13-4-2-3-7-18-13)12-6-5-11(17)8-14(12)19-16/h2-8,10,19-20H,9H2,1H3. The van der Waals surface area contributed by atoms with Crippen LogP contribution in [0.3, 0.4) is 0 Å². The minimum atomic E-state index is -3.68. The normalized spacial score (nSPS) is 13.3. The Balaban J connectivity index is 2.33. The third kappa shape index (κ3) is 2.85. The van der Waals surface area contributed by atoms with Crippen LogP contribution < -0.4 is 0 Å². The second-order valence-electron chi connectivity index (χ2n) is 5.25. The molecule has 5 nitrogen and oxygen atoms in total. The Bertz CT molecular complexity index is 952. The van der Waals surface area contributed by atoms with Gasteiger partial charge >= 0.3 is 0 Å². The maximum absolute atomic E-state index is 12.1. The van der Waals surface area contributed by atoms with Crippen molar-refractivity contribution in [2.24, 2.45) is 0 Å². The van der Waals surface area contributed by atoms with Crippen molar-refractivity contribution in [1.29, 1.82) is 0 Å². The smallest absolute Gasteiger partial charge is 0.182 e.